The van der Waals surface area contributed by atoms with Crippen molar-refractivity contribution in [1.82, 2.24) is 24.7 Å². The van der Waals surface area contributed by atoms with Gasteiger partial charge < -0.3 is 20.1 Å². The lowest BCUT2D eigenvalue weighted by Crippen LogP contribution is -2.41. The molecule has 5 rings (SSSR count). The van der Waals surface area contributed by atoms with Gasteiger partial charge in [0, 0.05) is 17.8 Å². The maximum absolute atomic E-state index is 10.3. The minimum absolute atomic E-state index is 0.115. The van der Waals surface area contributed by atoms with Gasteiger partial charge in [-0.15, -0.1) is 0 Å². The van der Waals surface area contributed by atoms with Crippen molar-refractivity contribution in [2.45, 2.75) is 44.4 Å². The fraction of sp³-hybridized carbons (Fsp3) is 0.364. The number of aromatic nitrogens is 4. The third-order valence-corrected chi connectivity index (χ3v) is 5.86. The number of imidazole rings is 1. The summed E-state index contributed by atoms with van der Waals surface area (Å²) < 4.78 is 7.44. The first-order chi connectivity index (χ1) is 14.2. The van der Waals surface area contributed by atoms with Crippen LogP contribution < -0.4 is 10.1 Å². The predicted molar refractivity (Wildman–Crippen MR) is 112 cm³/mol. The van der Waals surface area contributed by atoms with Gasteiger partial charge in [0.1, 0.15) is 11.6 Å². The van der Waals surface area contributed by atoms with Gasteiger partial charge in [0.25, 0.3) is 0 Å². The molecule has 1 aliphatic carbocycles. The Labute approximate surface area is 168 Å². The quantitative estimate of drug-likeness (QED) is 0.486. The Morgan fingerprint density at radius 2 is 2.00 bits per heavy atom. The van der Waals surface area contributed by atoms with Crippen LogP contribution in [0.1, 0.15) is 31.5 Å². The van der Waals surface area contributed by atoms with Crippen LogP contribution >= 0.6 is 0 Å². The second-order valence-corrected chi connectivity index (χ2v) is 7.63. The number of nitrogens with one attached hydrogen (secondary N) is 2. The smallest absolute Gasteiger partial charge is 0.154 e. The summed E-state index contributed by atoms with van der Waals surface area (Å²) in [5.74, 6) is 1.73. The molecule has 0 amide bonds. The summed E-state index contributed by atoms with van der Waals surface area (Å²) in [6.45, 7) is 0.587. The van der Waals surface area contributed by atoms with Crippen molar-refractivity contribution >= 4 is 16.7 Å². The van der Waals surface area contributed by atoms with Crippen LogP contribution in [-0.4, -0.2) is 43.7 Å². The Hall–Kier alpha value is -2.90. The number of methoxy groups -OCH3 is 1. The van der Waals surface area contributed by atoms with E-state index in [4.69, 9.17) is 9.72 Å². The molecule has 2 unspecified atom stereocenters. The van der Waals surface area contributed by atoms with Gasteiger partial charge in [-0.25, -0.2) is 9.97 Å². The molecule has 3 N–H and O–H groups in total. The Bertz CT molecular complexity index is 1130. The van der Waals surface area contributed by atoms with Gasteiger partial charge in [0.2, 0.25) is 0 Å². The zero-order chi connectivity index (χ0) is 19.8. The highest BCUT2D eigenvalue weighted by molar-refractivity contribution is 5.84. The standard InChI is InChI=1S/C22H25N5O2/c1-29-15-8-6-14(7-9-15)21-18-12-25-22-17(10-11-23-22)27(18)20(26-21)13-24-16-4-2-3-5-19(16)28/h6-12,16,19,23-24,28H,2-5,13H2,1H3. The number of hydrogen-bond donors (Lipinski definition) is 3. The van der Waals surface area contributed by atoms with E-state index in [2.05, 4.69) is 19.7 Å². The molecule has 4 aromatic rings. The number of fused-ring (bicyclic) bond motifs is 3. The number of aliphatic hydroxyl groups is 1. The average Bonchev–Trinajstić information content (AvgIpc) is 3.37. The van der Waals surface area contributed by atoms with Crippen LogP contribution in [0.15, 0.2) is 42.7 Å². The number of H-pyrrole nitrogens is 1. The number of hydrogen-bond acceptors (Lipinski definition) is 5. The van der Waals surface area contributed by atoms with Crippen molar-refractivity contribution < 1.29 is 9.84 Å². The molecule has 7 nitrogen and oxygen atoms in total. The Morgan fingerprint density at radius 1 is 1.17 bits per heavy atom. The van der Waals surface area contributed by atoms with Crippen LogP contribution in [0, 0.1) is 0 Å². The minimum Gasteiger partial charge on any atom is -0.497 e. The van der Waals surface area contributed by atoms with E-state index in [-0.39, 0.29) is 12.1 Å². The lowest BCUT2D eigenvalue weighted by Gasteiger charge is -2.28. The summed E-state index contributed by atoms with van der Waals surface area (Å²) in [4.78, 5) is 12.7. The molecular weight excluding hydrogens is 366 g/mol. The predicted octanol–water partition coefficient (Wildman–Crippen LogP) is 3.28. The molecule has 0 radical (unpaired) electrons. The number of benzene rings is 1. The van der Waals surface area contributed by atoms with Crippen molar-refractivity contribution in [3.05, 3.63) is 48.5 Å². The summed E-state index contributed by atoms with van der Waals surface area (Å²) in [6.07, 6.45) is 7.59. The summed E-state index contributed by atoms with van der Waals surface area (Å²) in [5, 5.41) is 13.9. The summed E-state index contributed by atoms with van der Waals surface area (Å²) in [7, 11) is 1.66. The highest BCUT2D eigenvalue weighted by Gasteiger charge is 2.23. The monoisotopic (exact) mass is 391 g/mol. The third-order valence-electron chi connectivity index (χ3n) is 5.86. The molecule has 29 heavy (non-hydrogen) atoms. The largest absolute Gasteiger partial charge is 0.497 e. The molecule has 1 fully saturated rings. The van der Waals surface area contributed by atoms with Crippen molar-refractivity contribution in [2.24, 2.45) is 0 Å². The van der Waals surface area contributed by atoms with Crippen LogP contribution in [0.3, 0.4) is 0 Å². The second-order valence-electron chi connectivity index (χ2n) is 7.63. The molecule has 0 spiro atoms. The minimum atomic E-state index is -0.287. The number of aliphatic hydroxyl groups excluding tert-OH is 1. The van der Waals surface area contributed by atoms with Crippen molar-refractivity contribution in [1.29, 1.82) is 0 Å². The van der Waals surface area contributed by atoms with E-state index in [0.29, 0.717) is 6.54 Å². The van der Waals surface area contributed by atoms with Gasteiger partial charge in [-0.05, 0) is 43.2 Å². The van der Waals surface area contributed by atoms with E-state index < -0.39 is 0 Å². The van der Waals surface area contributed by atoms with Gasteiger partial charge in [0.15, 0.2) is 5.65 Å². The van der Waals surface area contributed by atoms with Crippen molar-refractivity contribution in [3.63, 3.8) is 0 Å². The van der Waals surface area contributed by atoms with Gasteiger partial charge >= 0.3 is 0 Å². The molecule has 1 saturated carbocycles. The van der Waals surface area contributed by atoms with Crippen molar-refractivity contribution in [3.8, 4) is 17.0 Å². The highest BCUT2D eigenvalue weighted by atomic mass is 16.5. The first-order valence-corrected chi connectivity index (χ1v) is 10.1. The van der Waals surface area contributed by atoms with E-state index in [1.807, 2.05) is 42.7 Å². The van der Waals surface area contributed by atoms with Crippen LogP contribution in [-0.2, 0) is 6.54 Å². The molecule has 1 aliphatic rings. The molecule has 7 heteroatoms. The van der Waals surface area contributed by atoms with Crippen LogP contribution in [0.2, 0.25) is 0 Å². The second kappa shape index (κ2) is 7.50. The zero-order valence-electron chi connectivity index (χ0n) is 16.4. The van der Waals surface area contributed by atoms with E-state index in [1.165, 1.54) is 0 Å². The third kappa shape index (κ3) is 3.26. The molecule has 3 heterocycles. The lowest BCUT2D eigenvalue weighted by molar-refractivity contribution is 0.0899. The topological polar surface area (TPSA) is 87.5 Å². The molecule has 0 aliphatic heterocycles. The fourth-order valence-corrected chi connectivity index (χ4v) is 4.28. The number of nitrogens with zero attached hydrogens (tertiary/aromatic N) is 3. The molecule has 0 saturated heterocycles. The van der Waals surface area contributed by atoms with Crippen LogP contribution in [0.4, 0.5) is 0 Å². The Morgan fingerprint density at radius 3 is 2.79 bits per heavy atom. The van der Waals surface area contributed by atoms with E-state index in [0.717, 1.165) is 65.2 Å². The number of ether oxygens (including phenoxy) is 1. The van der Waals surface area contributed by atoms with E-state index in [1.54, 1.807) is 7.11 Å². The Kier molecular flexibility index (Phi) is 4.69. The van der Waals surface area contributed by atoms with Crippen LogP contribution in [0.5, 0.6) is 5.75 Å². The molecular formula is C22H25N5O2. The summed E-state index contributed by atoms with van der Waals surface area (Å²) >= 11 is 0. The first-order valence-electron chi connectivity index (χ1n) is 10.1. The highest BCUT2D eigenvalue weighted by Crippen LogP contribution is 2.29. The first kappa shape index (κ1) is 18.1. The fourth-order valence-electron chi connectivity index (χ4n) is 4.28. The maximum atomic E-state index is 10.3. The van der Waals surface area contributed by atoms with Crippen molar-refractivity contribution in [2.75, 3.05) is 7.11 Å². The number of rotatable bonds is 5. The zero-order valence-corrected chi connectivity index (χ0v) is 16.4. The maximum Gasteiger partial charge on any atom is 0.154 e. The van der Waals surface area contributed by atoms with Gasteiger partial charge in [-0.2, -0.15) is 0 Å². The summed E-state index contributed by atoms with van der Waals surface area (Å²) in [6, 6.07) is 10.1. The Balaban J connectivity index is 1.57. The molecule has 2 atom stereocenters. The summed E-state index contributed by atoms with van der Waals surface area (Å²) in [5.41, 5.74) is 4.70. The van der Waals surface area contributed by atoms with Crippen LogP contribution in [0.25, 0.3) is 27.9 Å². The molecule has 1 aromatic carbocycles. The molecule has 0 bridgehead atoms. The molecule has 150 valence electrons. The normalized spacial score (nSPS) is 19.8. The molecule has 3 aromatic heterocycles. The SMILES string of the molecule is COc1ccc(-c2nc(CNC3CCCCC3O)n3c2cnc2[nH]ccc23)cc1. The van der Waals surface area contributed by atoms with E-state index >= 15 is 0 Å². The lowest BCUT2D eigenvalue weighted by atomic mass is 9.93. The van der Waals surface area contributed by atoms with Gasteiger partial charge in [-0.3, -0.25) is 4.40 Å². The van der Waals surface area contributed by atoms with Gasteiger partial charge in [-0.1, -0.05) is 12.8 Å². The number of aromatic amines is 1. The average molecular weight is 391 g/mol. The van der Waals surface area contributed by atoms with E-state index in [9.17, 15) is 5.11 Å². The van der Waals surface area contributed by atoms with Gasteiger partial charge in [0.05, 0.1) is 42.7 Å².